The van der Waals surface area contributed by atoms with Crippen LogP contribution in [0, 0.1) is 0 Å². The molecule has 1 aromatic heterocycles. The van der Waals surface area contributed by atoms with E-state index >= 15 is 0 Å². The van der Waals surface area contributed by atoms with Crippen LogP contribution < -0.4 is 5.32 Å². The van der Waals surface area contributed by atoms with Crippen LogP contribution >= 0.6 is 23.4 Å². The van der Waals surface area contributed by atoms with Gasteiger partial charge in [0.05, 0.1) is 5.02 Å². The number of hydrogen-bond donors (Lipinski definition) is 2. The van der Waals surface area contributed by atoms with Crippen molar-refractivity contribution in [2.75, 3.05) is 5.32 Å². The summed E-state index contributed by atoms with van der Waals surface area (Å²) >= 11 is 8.41. The van der Waals surface area contributed by atoms with E-state index in [1.54, 1.807) is 11.8 Å². The number of H-pyrrole nitrogens is 1. The number of aromatic nitrogens is 1. The smallest absolute Gasteiger partial charge is 0.411 e. The van der Waals surface area contributed by atoms with Crippen molar-refractivity contribution in [1.82, 2.24) is 4.98 Å². The molecule has 0 fully saturated rings. The Balaban J connectivity index is 1.26. The highest BCUT2D eigenvalue weighted by atomic mass is 35.5. The third-order valence-corrected chi connectivity index (χ3v) is 6.82. The molecule has 1 heterocycles. The molecule has 0 aliphatic carbocycles. The van der Waals surface area contributed by atoms with E-state index in [-0.39, 0.29) is 6.61 Å². The lowest BCUT2D eigenvalue weighted by Gasteiger charge is -2.07. The van der Waals surface area contributed by atoms with Crippen LogP contribution in [0.15, 0.2) is 95.9 Å². The van der Waals surface area contributed by atoms with Gasteiger partial charge in [-0.05, 0) is 46.7 Å². The van der Waals surface area contributed by atoms with Gasteiger partial charge in [-0.2, -0.15) is 0 Å². The van der Waals surface area contributed by atoms with Gasteiger partial charge in [-0.25, -0.2) is 4.79 Å². The lowest BCUT2D eigenvalue weighted by atomic mass is 10.1. The number of thioether (sulfide) groups is 1. The van der Waals surface area contributed by atoms with E-state index in [1.165, 1.54) is 15.7 Å². The maximum Gasteiger partial charge on any atom is 0.411 e. The van der Waals surface area contributed by atoms with E-state index in [4.69, 9.17) is 16.3 Å². The number of carbonyl (C=O) groups excluding carboxylic acids is 1. The Hall–Kier alpha value is -3.41. The van der Waals surface area contributed by atoms with Gasteiger partial charge in [0.1, 0.15) is 6.61 Å². The van der Waals surface area contributed by atoms with E-state index in [0.717, 1.165) is 22.2 Å². The minimum absolute atomic E-state index is 0.218. The fourth-order valence-corrected chi connectivity index (χ4v) is 4.93. The Bertz CT molecular complexity index is 1430. The molecule has 1 amide bonds. The van der Waals surface area contributed by atoms with Crippen molar-refractivity contribution in [3.63, 3.8) is 0 Å². The highest BCUT2D eigenvalue weighted by molar-refractivity contribution is 7.98. The Labute approximate surface area is 200 Å². The highest BCUT2D eigenvalue weighted by Crippen LogP contribution is 2.34. The van der Waals surface area contributed by atoms with E-state index < -0.39 is 6.09 Å². The first-order valence-corrected chi connectivity index (χ1v) is 11.9. The first-order chi connectivity index (χ1) is 16.2. The molecule has 0 saturated carbocycles. The monoisotopic (exact) mass is 472 g/mol. The Morgan fingerprint density at radius 2 is 1.70 bits per heavy atom. The van der Waals surface area contributed by atoms with Crippen molar-refractivity contribution < 1.29 is 9.53 Å². The number of halogens is 1. The Morgan fingerprint density at radius 1 is 0.909 bits per heavy atom. The molecule has 0 bridgehead atoms. The zero-order chi connectivity index (χ0) is 22.6. The van der Waals surface area contributed by atoms with Crippen LogP contribution in [0.5, 0.6) is 0 Å². The minimum atomic E-state index is -0.503. The quantitative estimate of drug-likeness (QED) is 0.246. The van der Waals surface area contributed by atoms with Gasteiger partial charge in [-0.1, -0.05) is 72.3 Å². The second-order valence-electron chi connectivity index (χ2n) is 7.66. The fourth-order valence-electron chi connectivity index (χ4n) is 3.68. The van der Waals surface area contributed by atoms with Gasteiger partial charge in [-0.15, -0.1) is 11.8 Å². The van der Waals surface area contributed by atoms with Gasteiger partial charge in [0.15, 0.2) is 0 Å². The molecule has 0 aliphatic heterocycles. The molecule has 0 unspecified atom stereocenters. The van der Waals surface area contributed by atoms with Crippen molar-refractivity contribution in [2.24, 2.45) is 0 Å². The maximum absolute atomic E-state index is 12.2. The van der Waals surface area contributed by atoms with Crippen LogP contribution in [0.1, 0.15) is 11.3 Å². The van der Waals surface area contributed by atoms with E-state index in [1.807, 2.05) is 54.6 Å². The van der Waals surface area contributed by atoms with Crippen molar-refractivity contribution in [2.45, 2.75) is 17.3 Å². The standard InChI is InChI=1S/C27H21ClN2O2S/c28-26-23-15-21(29-27(31)32-16-18-6-2-1-3-7-18)11-13-24(23)30-25(26)17-33-22-12-10-19-8-4-5-9-20(19)14-22/h1-15,30H,16-17H2,(H,29,31). The van der Waals surface area contributed by atoms with E-state index in [0.29, 0.717) is 16.5 Å². The van der Waals surface area contributed by atoms with Crippen molar-refractivity contribution in [3.8, 4) is 0 Å². The summed E-state index contributed by atoms with van der Waals surface area (Å²) in [6.07, 6.45) is -0.503. The lowest BCUT2D eigenvalue weighted by Crippen LogP contribution is -2.13. The van der Waals surface area contributed by atoms with Gasteiger partial charge >= 0.3 is 6.09 Å². The summed E-state index contributed by atoms with van der Waals surface area (Å²) in [5.41, 5.74) is 3.45. The first kappa shape index (κ1) is 21.4. The number of aromatic amines is 1. The SMILES string of the molecule is O=C(Nc1ccc2[nH]c(CSc3ccc4ccccc4c3)c(Cl)c2c1)OCc1ccccc1. The molecule has 0 spiro atoms. The summed E-state index contributed by atoms with van der Waals surface area (Å²) in [6, 6.07) is 30.0. The van der Waals surface area contributed by atoms with Gasteiger partial charge in [0.2, 0.25) is 0 Å². The Kier molecular flexibility index (Phi) is 6.24. The zero-order valence-corrected chi connectivity index (χ0v) is 19.2. The average Bonchev–Trinajstić information content (AvgIpc) is 3.17. The van der Waals surface area contributed by atoms with Gasteiger partial charge in [-0.3, -0.25) is 5.32 Å². The second-order valence-corrected chi connectivity index (χ2v) is 9.09. The molecule has 5 aromatic rings. The summed E-state index contributed by atoms with van der Waals surface area (Å²) in [7, 11) is 0. The summed E-state index contributed by atoms with van der Waals surface area (Å²) in [5, 5.41) is 6.76. The number of nitrogens with one attached hydrogen (secondary N) is 2. The molecule has 0 atom stereocenters. The van der Waals surface area contributed by atoms with Crippen LogP contribution in [0.4, 0.5) is 10.5 Å². The first-order valence-electron chi connectivity index (χ1n) is 10.5. The minimum Gasteiger partial charge on any atom is -0.444 e. The third-order valence-electron chi connectivity index (χ3n) is 5.37. The van der Waals surface area contributed by atoms with Crippen molar-refractivity contribution >= 4 is 56.8 Å². The normalized spacial score (nSPS) is 11.1. The predicted molar refractivity (Wildman–Crippen MR) is 137 cm³/mol. The number of benzene rings is 4. The molecular weight excluding hydrogens is 452 g/mol. The summed E-state index contributed by atoms with van der Waals surface area (Å²) in [5.74, 6) is 0.716. The molecule has 164 valence electrons. The third kappa shape index (κ3) is 5.00. The highest BCUT2D eigenvalue weighted by Gasteiger charge is 2.12. The number of hydrogen-bond acceptors (Lipinski definition) is 3. The molecule has 0 saturated heterocycles. The van der Waals surface area contributed by atoms with Gasteiger partial charge < -0.3 is 9.72 Å². The Morgan fingerprint density at radius 3 is 2.55 bits per heavy atom. The molecule has 2 N–H and O–H groups in total. The van der Waals surface area contributed by atoms with Crippen LogP contribution in [-0.2, 0) is 17.1 Å². The number of amides is 1. The van der Waals surface area contributed by atoms with E-state index in [9.17, 15) is 4.79 Å². The summed E-state index contributed by atoms with van der Waals surface area (Å²) in [6.45, 7) is 0.218. The number of fused-ring (bicyclic) bond motifs is 2. The summed E-state index contributed by atoms with van der Waals surface area (Å²) in [4.78, 5) is 16.8. The molecule has 5 rings (SSSR count). The number of anilines is 1. The fraction of sp³-hybridized carbons (Fsp3) is 0.0741. The largest absolute Gasteiger partial charge is 0.444 e. The van der Waals surface area contributed by atoms with Crippen molar-refractivity contribution in [1.29, 1.82) is 0 Å². The van der Waals surface area contributed by atoms with Crippen LogP contribution in [0.3, 0.4) is 0 Å². The molecule has 4 aromatic carbocycles. The molecule has 6 heteroatoms. The second kappa shape index (κ2) is 9.61. The van der Waals surface area contributed by atoms with Crippen molar-refractivity contribution in [3.05, 3.63) is 107 Å². The van der Waals surface area contributed by atoms with E-state index in [2.05, 4.69) is 46.7 Å². The predicted octanol–water partition coefficient (Wildman–Crippen LogP) is 8.02. The molecule has 33 heavy (non-hydrogen) atoms. The number of carbonyl (C=O) groups is 1. The number of rotatable bonds is 6. The maximum atomic E-state index is 12.2. The van der Waals surface area contributed by atoms with Crippen LogP contribution in [-0.4, -0.2) is 11.1 Å². The van der Waals surface area contributed by atoms with Gasteiger partial charge in [0.25, 0.3) is 0 Å². The topological polar surface area (TPSA) is 54.1 Å². The molecule has 4 nitrogen and oxygen atoms in total. The lowest BCUT2D eigenvalue weighted by molar-refractivity contribution is 0.155. The van der Waals surface area contributed by atoms with Gasteiger partial charge in [0, 0.05) is 32.9 Å². The number of ether oxygens (including phenoxy) is 1. The molecule has 0 radical (unpaired) electrons. The zero-order valence-electron chi connectivity index (χ0n) is 17.7. The molecule has 0 aliphatic rings. The molecular formula is C27H21ClN2O2S. The van der Waals surface area contributed by atoms with Crippen LogP contribution in [0.25, 0.3) is 21.7 Å². The average molecular weight is 473 g/mol. The van der Waals surface area contributed by atoms with Crippen LogP contribution in [0.2, 0.25) is 5.02 Å². The summed E-state index contributed by atoms with van der Waals surface area (Å²) < 4.78 is 5.30.